The van der Waals surface area contributed by atoms with E-state index in [1.807, 2.05) is 26.2 Å². The topological polar surface area (TPSA) is 69.6 Å². The van der Waals surface area contributed by atoms with Crippen LogP contribution in [0.3, 0.4) is 0 Å². The number of anilines is 1. The van der Waals surface area contributed by atoms with Crippen molar-refractivity contribution in [1.29, 1.82) is 0 Å². The molecule has 0 radical (unpaired) electrons. The number of aromatic nitrogens is 4. The number of thioether (sulfide) groups is 1. The molecular formula is C10H13N5S. The van der Waals surface area contributed by atoms with Crippen molar-refractivity contribution in [2.75, 3.05) is 5.73 Å². The van der Waals surface area contributed by atoms with Gasteiger partial charge < -0.3 is 5.73 Å². The molecule has 16 heavy (non-hydrogen) atoms. The van der Waals surface area contributed by atoms with E-state index in [9.17, 15) is 0 Å². The summed E-state index contributed by atoms with van der Waals surface area (Å²) < 4.78 is 1.78. The molecule has 0 atom stereocenters. The third-order valence-corrected chi connectivity index (χ3v) is 2.85. The van der Waals surface area contributed by atoms with Gasteiger partial charge in [-0.2, -0.15) is 5.10 Å². The van der Waals surface area contributed by atoms with E-state index in [1.54, 1.807) is 10.7 Å². The molecule has 0 aliphatic heterocycles. The Balaban J connectivity index is 2.04. The monoisotopic (exact) mass is 235 g/mol. The van der Waals surface area contributed by atoms with Crippen LogP contribution < -0.4 is 5.73 Å². The average Bonchev–Trinajstić information content (AvgIpc) is 2.60. The second kappa shape index (κ2) is 4.52. The van der Waals surface area contributed by atoms with Gasteiger partial charge in [0.15, 0.2) is 5.16 Å². The van der Waals surface area contributed by atoms with Gasteiger partial charge in [0.05, 0.1) is 5.69 Å². The van der Waals surface area contributed by atoms with Gasteiger partial charge in [-0.1, -0.05) is 11.8 Å². The van der Waals surface area contributed by atoms with Crippen LogP contribution in [-0.4, -0.2) is 19.7 Å². The van der Waals surface area contributed by atoms with Gasteiger partial charge in [-0.3, -0.25) is 4.68 Å². The molecule has 0 unspecified atom stereocenters. The third-order valence-electron chi connectivity index (χ3n) is 1.97. The van der Waals surface area contributed by atoms with Crippen LogP contribution in [0.25, 0.3) is 0 Å². The van der Waals surface area contributed by atoms with Gasteiger partial charge in [0, 0.05) is 30.8 Å². The molecule has 0 saturated heterocycles. The van der Waals surface area contributed by atoms with E-state index in [2.05, 4.69) is 15.1 Å². The van der Waals surface area contributed by atoms with Crippen molar-refractivity contribution in [3.05, 3.63) is 29.7 Å². The lowest BCUT2D eigenvalue weighted by Gasteiger charge is -2.01. The molecule has 0 fully saturated rings. The lowest BCUT2D eigenvalue weighted by Crippen LogP contribution is -1.97. The minimum atomic E-state index is 0.510. The first-order chi connectivity index (χ1) is 7.63. The number of hydrogen-bond acceptors (Lipinski definition) is 5. The standard InChI is InChI=1S/C10H13N5S/c1-7-5-9(11)13-10(12-7)16-6-8-3-4-15(2)14-8/h3-5H,6H2,1-2H3,(H2,11,12,13). The highest BCUT2D eigenvalue weighted by Crippen LogP contribution is 2.19. The molecule has 2 rings (SSSR count). The second-order valence-corrected chi connectivity index (χ2v) is 4.43. The van der Waals surface area contributed by atoms with Crippen molar-refractivity contribution in [2.45, 2.75) is 17.8 Å². The summed E-state index contributed by atoms with van der Waals surface area (Å²) in [7, 11) is 1.90. The van der Waals surface area contributed by atoms with Gasteiger partial charge in [-0.05, 0) is 13.0 Å². The van der Waals surface area contributed by atoms with Crippen LogP contribution in [0.1, 0.15) is 11.4 Å². The van der Waals surface area contributed by atoms with Crippen LogP contribution in [0, 0.1) is 6.92 Å². The zero-order chi connectivity index (χ0) is 11.5. The summed E-state index contributed by atoms with van der Waals surface area (Å²) in [5.74, 6) is 1.26. The summed E-state index contributed by atoms with van der Waals surface area (Å²) in [5.41, 5.74) is 7.54. The zero-order valence-corrected chi connectivity index (χ0v) is 10.0. The maximum Gasteiger partial charge on any atom is 0.190 e. The molecule has 0 saturated carbocycles. The maximum absolute atomic E-state index is 5.65. The van der Waals surface area contributed by atoms with Gasteiger partial charge in [-0.15, -0.1) is 0 Å². The number of nitrogens with zero attached hydrogens (tertiary/aromatic N) is 4. The third kappa shape index (κ3) is 2.73. The molecule has 84 valence electrons. The van der Waals surface area contributed by atoms with Crippen LogP contribution >= 0.6 is 11.8 Å². The first-order valence-corrected chi connectivity index (χ1v) is 5.84. The van der Waals surface area contributed by atoms with E-state index in [-0.39, 0.29) is 0 Å². The van der Waals surface area contributed by atoms with Gasteiger partial charge in [0.1, 0.15) is 5.82 Å². The normalized spacial score (nSPS) is 10.6. The van der Waals surface area contributed by atoms with Crippen molar-refractivity contribution in [3.8, 4) is 0 Å². The predicted molar refractivity (Wildman–Crippen MR) is 64.0 cm³/mol. The molecule has 0 amide bonds. The maximum atomic E-state index is 5.65. The average molecular weight is 235 g/mol. The quantitative estimate of drug-likeness (QED) is 0.643. The fourth-order valence-corrected chi connectivity index (χ4v) is 2.12. The largest absolute Gasteiger partial charge is 0.384 e. The number of hydrogen-bond donors (Lipinski definition) is 1. The van der Waals surface area contributed by atoms with Gasteiger partial charge in [0.2, 0.25) is 0 Å². The number of rotatable bonds is 3. The predicted octanol–water partition coefficient (Wildman–Crippen LogP) is 1.39. The van der Waals surface area contributed by atoms with Crippen molar-refractivity contribution in [1.82, 2.24) is 19.7 Å². The molecule has 2 N–H and O–H groups in total. The Hall–Kier alpha value is -1.56. The Kier molecular flexibility index (Phi) is 3.09. The van der Waals surface area contributed by atoms with E-state index >= 15 is 0 Å². The Morgan fingerprint density at radius 1 is 1.44 bits per heavy atom. The van der Waals surface area contributed by atoms with Gasteiger partial charge in [-0.25, -0.2) is 9.97 Å². The number of nitrogens with two attached hydrogens (primary N) is 1. The van der Waals surface area contributed by atoms with E-state index in [0.717, 1.165) is 17.1 Å². The zero-order valence-electron chi connectivity index (χ0n) is 9.21. The van der Waals surface area contributed by atoms with E-state index in [0.29, 0.717) is 11.0 Å². The highest BCUT2D eigenvalue weighted by molar-refractivity contribution is 7.98. The molecule has 5 nitrogen and oxygen atoms in total. The van der Waals surface area contributed by atoms with Gasteiger partial charge in [0.25, 0.3) is 0 Å². The van der Waals surface area contributed by atoms with Crippen LogP contribution in [0.2, 0.25) is 0 Å². The van der Waals surface area contributed by atoms with E-state index in [1.165, 1.54) is 11.8 Å². The van der Waals surface area contributed by atoms with Crippen molar-refractivity contribution in [3.63, 3.8) is 0 Å². The molecule has 0 aliphatic carbocycles. The Morgan fingerprint density at radius 2 is 2.25 bits per heavy atom. The van der Waals surface area contributed by atoms with Crippen LogP contribution in [0.15, 0.2) is 23.5 Å². The fraction of sp³-hybridized carbons (Fsp3) is 0.300. The molecule has 0 spiro atoms. The molecular weight excluding hydrogens is 222 g/mol. The molecule has 2 aromatic heterocycles. The van der Waals surface area contributed by atoms with Gasteiger partial charge >= 0.3 is 0 Å². The summed E-state index contributed by atoms with van der Waals surface area (Å²) in [6, 6.07) is 3.73. The first kappa shape index (κ1) is 10.9. The smallest absolute Gasteiger partial charge is 0.190 e. The van der Waals surface area contributed by atoms with Crippen LogP contribution in [0.5, 0.6) is 0 Å². The number of aryl methyl sites for hydroxylation is 2. The molecule has 6 heteroatoms. The summed E-state index contributed by atoms with van der Waals surface area (Å²) in [6.07, 6.45) is 1.92. The molecule has 0 aliphatic rings. The lowest BCUT2D eigenvalue weighted by molar-refractivity contribution is 0.754. The molecule has 0 aromatic carbocycles. The molecule has 0 bridgehead atoms. The lowest BCUT2D eigenvalue weighted by atomic mass is 10.4. The Labute approximate surface area is 98.1 Å². The van der Waals surface area contributed by atoms with Crippen molar-refractivity contribution in [2.24, 2.45) is 7.05 Å². The Morgan fingerprint density at radius 3 is 2.88 bits per heavy atom. The SMILES string of the molecule is Cc1cc(N)nc(SCc2ccn(C)n2)n1. The molecule has 2 aromatic rings. The summed E-state index contributed by atoms with van der Waals surface area (Å²) in [5, 5.41) is 4.98. The summed E-state index contributed by atoms with van der Waals surface area (Å²) in [4.78, 5) is 8.44. The summed E-state index contributed by atoms with van der Waals surface area (Å²) in [6.45, 7) is 1.91. The highest BCUT2D eigenvalue weighted by Gasteiger charge is 2.03. The van der Waals surface area contributed by atoms with Crippen LogP contribution in [-0.2, 0) is 12.8 Å². The van der Waals surface area contributed by atoms with Crippen molar-refractivity contribution < 1.29 is 0 Å². The second-order valence-electron chi connectivity index (χ2n) is 3.49. The Bertz CT molecular complexity index is 473. The number of nitrogen functional groups attached to an aromatic ring is 1. The van der Waals surface area contributed by atoms with E-state index in [4.69, 9.17) is 5.73 Å². The minimum Gasteiger partial charge on any atom is -0.384 e. The first-order valence-electron chi connectivity index (χ1n) is 4.86. The van der Waals surface area contributed by atoms with E-state index < -0.39 is 0 Å². The molecule has 2 heterocycles. The van der Waals surface area contributed by atoms with Crippen LogP contribution in [0.4, 0.5) is 5.82 Å². The van der Waals surface area contributed by atoms with Crippen molar-refractivity contribution >= 4 is 17.6 Å². The summed E-state index contributed by atoms with van der Waals surface area (Å²) >= 11 is 1.54. The fourth-order valence-electron chi connectivity index (χ4n) is 1.31. The minimum absolute atomic E-state index is 0.510. The highest BCUT2D eigenvalue weighted by atomic mass is 32.2.